The minimum Gasteiger partial charge on any atom is -0.478 e. The SMILES string of the molecule is O=C(Nc1ccc(SC(C(=O)Nc2ccc(C(=O)O)cc2)c2ccccc2)cc1)/C(=C/c1ccsc1)NC(=O)c1ccccc1. The molecule has 8 nitrogen and oxygen atoms in total. The topological polar surface area (TPSA) is 125 Å². The van der Waals surface area contributed by atoms with Crippen molar-refractivity contribution in [2.24, 2.45) is 0 Å². The van der Waals surface area contributed by atoms with E-state index in [4.69, 9.17) is 5.11 Å². The Morgan fingerprint density at radius 3 is 1.96 bits per heavy atom. The molecule has 4 N–H and O–H groups in total. The van der Waals surface area contributed by atoms with Crippen molar-refractivity contribution in [1.82, 2.24) is 5.32 Å². The Morgan fingerprint density at radius 1 is 0.711 bits per heavy atom. The number of thioether (sulfide) groups is 1. The van der Waals surface area contributed by atoms with Gasteiger partial charge in [0.2, 0.25) is 5.91 Å². The van der Waals surface area contributed by atoms with E-state index in [2.05, 4.69) is 16.0 Å². The monoisotopic (exact) mass is 633 g/mol. The first-order valence-corrected chi connectivity index (χ1v) is 15.6. The lowest BCUT2D eigenvalue weighted by Crippen LogP contribution is -2.30. The van der Waals surface area contributed by atoms with E-state index >= 15 is 0 Å². The highest BCUT2D eigenvalue weighted by Crippen LogP contribution is 2.36. The van der Waals surface area contributed by atoms with Gasteiger partial charge in [0.15, 0.2) is 0 Å². The van der Waals surface area contributed by atoms with Gasteiger partial charge in [0.25, 0.3) is 11.8 Å². The van der Waals surface area contributed by atoms with Crippen LogP contribution in [0, 0.1) is 0 Å². The van der Waals surface area contributed by atoms with Crippen LogP contribution in [-0.2, 0) is 9.59 Å². The van der Waals surface area contributed by atoms with Crippen LogP contribution < -0.4 is 16.0 Å². The van der Waals surface area contributed by atoms with Crippen molar-refractivity contribution in [3.8, 4) is 0 Å². The van der Waals surface area contributed by atoms with Gasteiger partial charge in [0.05, 0.1) is 5.56 Å². The van der Waals surface area contributed by atoms with Crippen LogP contribution in [0.1, 0.15) is 37.1 Å². The van der Waals surface area contributed by atoms with E-state index in [1.807, 2.05) is 53.2 Å². The van der Waals surface area contributed by atoms with Crippen LogP contribution in [-0.4, -0.2) is 28.8 Å². The molecule has 1 aromatic heterocycles. The Morgan fingerprint density at radius 2 is 1.33 bits per heavy atom. The number of amides is 3. The highest BCUT2D eigenvalue weighted by molar-refractivity contribution is 8.00. The van der Waals surface area contributed by atoms with Crippen LogP contribution in [0.5, 0.6) is 0 Å². The van der Waals surface area contributed by atoms with Crippen LogP contribution in [0.15, 0.2) is 137 Å². The predicted molar refractivity (Wildman–Crippen MR) is 178 cm³/mol. The summed E-state index contributed by atoms with van der Waals surface area (Å²) in [6.07, 6.45) is 1.62. The fourth-order valence-electron chi connectivity index (χ4n) is 4.22. The van der Waals surface area contributed by atoms with E-state index in [9.17, 15) is 19.2 Å². The molecule has 0 radical (unpaired) electrons. The van der Waals surface area contributed by atoms with E-state index in [-0.39, 0.29) is 17.2 Å². The maximum atomic E-state index is 13.4. The molecule has 224 valence electrons. The van der Waals surface area contributed by atoms with Gasteiger partial charge in [0.1, 0.15) is 10.9 Å². The second-order valence-corrected chi connectivity index (χ2v) is 11.7. The second kappa shape index (κ2) is 14.8. The number of carbonyl (C=O) groups excluding carboxylic acids is 3. The number of benzene rings is 4. The summed E-state index contributed by atoms with van der Waals surface area (Å²) in [4.78, 5) is 51.5. The molecule has 10 heteroatoms. The smallest absolute Gasteiger partial charge is 0.335 e. The fourth-order valence-corrected chi connectivity index (χ4v) is 5.86. The Labute approximate surface area is 267 Å². The van der Waals surface area contributed by atoms with E-state index in [0.29, 0.717) is 16.9 Å². The van der Waals surface area contributed by atoms with Crippen molar-refractivity contribution in [2.75, 3.05) is 10.6 Å². The average molecular weight is 634 g/mol. The molecule has 0 saturated heterocycles. The zero-order valence-electron chi connectivity index (χ0n) is 23.7. The molecular formula is C35H27N3O5S2. The molecule has 0 aliphatic rings. The lowest BCUT2D eigenvalue weighted by atomic mass is 10.1. The lowest BCUT2D eigenvalue weighted by Gasteiger charge is -2.17. The molecule has 4 aromatic carbocycles. The van der Waals surface area contributed by atoms with Crippen LogP contribution in [0.2, 0.25) is 0 Å². The third kappa shape index (κ3) is 8.56. The maximum Gasteiger partial charge on any atom is 0.335 e. The Balaban J connectivity index is 1.29. The van der Waals surface area contributed by atoms with Gasteiger partial charge in [-0.25, -0.2) is 4.79 Å². The van der Waals surface area contributed by atoms with Gasteiger partial charge in [-0.1, -0.05) is 48.5 Å². The Bertz CT molecular complexity index is 1810. The van der Waals surface area contributed by atoms with Crippen molar-refractivity contribution in [3.63, 3.8) is 0 Å². The number of aromatic carboxylic acids is 1. The molecule has 0 fully saturated rings. The number of hydrogen-bond donors (Lipinski definition) is 4. The molecule has 0 bridgehead atoms. The van der Waals surface area contributed by atoms with Crippen molar-refractivity contribution < 1.29 is 24.3 Å². The zero-order valence-corrected chi connectivity index (χ0v) is 25.3. The normalized spacial score (nSPS) is 11.7. The maximum absolute atomic E-state index is 13.4. The standard InChI is InChI=1S/C35H27N3O5S2/c39-32(25-9-5-2-6-10-25)38-30(21-23-19-20-44-22-23)33(40)36-28-15-17-29(18-16-28)45-31(24-7-3-1-4-8-24)34(41)37-27-13-11-26(12-14-27)35(42)43/h1-22,31H,(H,36,40)(H,37,41)(H,38,39)(H,42,43)/b30-21-. The van der Waals surface area contributed by atoms with Gasteiger partial charge in [0, 0.05) is 21.8 Å². The highest BCUT2D eigenvalue weighted by Gasteiger charge is 2.23. The van der Waals surface area contributed by atoms with E-state index in [1.54, 1.807) is 66.7 Å². The first-order chi connectivity index (χ1) is 21.9. The van der Waals surface area contributed by atoms with Crippen molar-refractivity contribution in [1.29, 1.82) is 0 Å². The number of carboxylic acid groups (broad SMARTS) is 1. The summed E-state index contributed by atoms with van der Waals surface area (Å²) in [6, 6.07) is 32.8. The summed E-state index contributed by atoms with van der Waals surface area (Å²) in [7, 11) is 0. The van der Waals surface area contributed by atoms with Crippen molar-refractivity contribution >= 4 is 64.2 Å². The van der Waals surface area contributed by atoms with Gasteiger partial charge < -0.3 is 21.1 Å². The van der Waals surface area contributed by atoms with Gasteiger partial charge in [-0.15, -0.1) is 11.8 Å². The molecule has 1 heterocycles. The fraction of sp³-hybridized carbons (Fsp3) is 0.0286. The molecule has 0 aliphatic heterocycles. The number of hydrogen-bond acceptors (Lipinski definition) is 6. The average Bonchev–Trinajstić information content (AvgIpc) is 3.58. The van der Waals surface area contributed by atoms with E-state index in [0.717, 1.165) is 16.0 Å². The molecular weight excluding hydrogens is 607 g/mol. The third-order valence-corrected chi connectivity index (χ3v) is 8.46. The molecule has 5 rings (SSSR count). The first-order valence-electron chi connectivity index (χ1n) is 13.7. The number of carboxylic acids is 1. The molecule has 1 atom stereocenters. The number of anilines is 2. The van der Waals surface area contributed by atoms with Crippen LogP contribution in [0.4, 0.5) is 11.4 Å². The minimum absolute atomic E-state index is 0.0953. The largest absolute Gasteiger partial charge is 0.478 e. The molecule has 1 unspecified atom stereocenters. The van der Waals surface area contributed by atoms with Gasteiger partial charge in [-0.05, 0) is 94.7 Å². The Hall–Kier alpha value is -5.45. The lowest BCUT2D eigenvalue weighted by molar-refractivity contribution is -0.116. The van der Waals surface area contributed by atoms with Crippen LogP contribution >= 0.6 is 23.1 Å². The molecule has 0 saturated carbocycles. The van der Waals surface area contributed by atoms with E-state index < -0.39 is 23.0 Å². The molecule has 0 aliphatic carbocycles. The number of thiophene rings is 1. The van der Waals surface area contributed by atoms with Crippen LogP contribution in [0.25, 0.3) is 6.08 Å². The van der Waals surface area contributed by atoms with Crippen molar-refractivity contribution in [2.45, 2.75) is 10.1 Å². The van der Waals surface area contributed by atoms with Gasteiger partial charge in [-0.3, -0.25) is 14.4 Å². The summed E-state index contributed by atoms with van der Waals surface area (Å²) in [5.41, 5.74) is 3.21. The number of rotatable bonds is 11. The van der Waals surface area contributed by atoms with Crippen molar-refractivity contribution in [3.05, 3.63) is 154 Å². The van der Waals surface area contributed by atoms with E-state index in [1.165, 1.54) is 35.2 Å². The van der Waals surface area contributed by atoms with Gasteiger partial charge in [-0.2, -0.15) is 11.3 Å². The summed E-state index contributed by atoms with van der Waals surface area (Å²) in [6.45, 7) is 0. The molecule has 45 heavy (non-hydrogen) atoms. The summed E-state index contributed by atoms with van der Waals surface area (Å²) < 4.78 is 0. The molecule has 0 spiro atoms. The third-order valence-electron chi connectivity index (χ3n) is 6.49. The van der Waals surface area contributed by atoms with Crippen LogP contribution in [0.3, 0.4) is 0 Å². The molecule has 5 aromatic rings. The summed E-state index contributed by atoms with van der Waals surface area (Å²) >= 11 is 2.81. The predicted octanol–water partition coefficient (Wildman–Crippen LogP) is 7.33. The minimum atomic E-state index is -1.04. The summed E-state index contributed by atoms with van der Waals surface area (Å²) in [5, 5.41) is 20.7. The van der Waals surface area contributed by atoms with Gasteiger partial charge >= 0.3 is 5.97 Å². The molecule has 3 amide bonds. The first kappa shape index (κ1) is 31.0. The quantitative estimate of drug-likeness (QED) is 0.0892. The number of carbonyl (C=O) groups is 4. The second-order valence-electron chi connectivity index (χ2n) is 9.69. The Kier molecular flexibility index (Phi) is 10.2. The zero-order chi connectivity index (χ0) is 31.6. The number of nitrogens with one attached hydrogen (secondary N) is 3. The highest BCUT2D eigenvalue weighted by atomic mass is 32.2. The summed E-state index contributed by atoms with van der Waals surface area (Å²) in [5.74, 6) is -2.20.